The highest BCUT2D eigenvalue weighted by Gasteiger charge is 2.27. The number of rotatable bonds is 2. The highest BCUT2D eigenvalue weighted by molar-refractivity contribution is 6.00. The van der Waals surface area contributed by atoms with Crippen LogP contribution in [-0.4, -0.2) is 15.6 Å². The third kappa shape index (κ3) is 2.56. The summed E-state index contributed by atoms with van der Waals surface area (Å²) in [5.74, 6) is 0.185. The van der Waals surface area contributed by atoms with Crippen LogP contribution in [0.1, 0.15) is 40.4 Å². The summed E-state index contributed by atoms with van der Waals surface area (Å²) in [7, 11) is 0. The van der Waals surface area contributed by atoms with E-state index in [0.717, 1.165) is 47.2 Å². The van der Waals surface area contributed by atoms with E-state index in [9.17, 15) is 4.79 Å². The smallest absolute Gasteiger partial charge is 0.187 e. The number of aromatic nitrogens is 2. The highest BCUT2D eigenvalue weighted by Crippen LogP contribution is 2.30. The molecular formula is C21H20N2O. The first kappa shape index (κ1) is 14.9. The Morgan fingerprint density at radius 3 is 2.62 bits per heavy atom. The molecule has 1 aliphatic rings. The number of hydrogen-bond acceptors (Lipinski definition) is 2. The molecule has 1 aromatic heterocycles. The molecule has 24 heavy (non-hydrogen) atoms. The molecule has 0 amide bonds. The molecule has 120 valence electrons. The number of hydrogen-bond donors (Lipinski definition) is 0. The van der Waals surface area contributed by atoms with Gasteiger partial charge in [0.15, 0.2) is 5.78 Å². The minimum atomic E-state index is -0.204. The predicted molar refractivity (Wildman–Crippen MR) is 95.1 cm³/mol. The normalized spacial score (nSPS) is 17.4. The summed E-state index contributed by atoms with van der Waals surface area (Å²) in [6.45, 7) is 2.06. The van der Waals surface area contributed by atoms with Gasteiger partial charge in [-0.1, -0.05) is 54.6 Å². The Kier molecular flexibility index (Phi) is 3.77. The monoisotopic (exact) mass is 316 g/mol. The van der Waals surface area contributed by atoms with Gasteiger partial charge in [0.25, 0.3) is 0 Å². The number of Topliss-reactive ketones (excluding diaryl/α,β-unsaturated/α-hetero) is 1. The molecule has 4 rings (SSSR count). The Hall–Kier alpha value is -2.68. The molecule has 1 aliphatic carbocycles. The molecule has 3 nitrogen and oxygen atoms in total. The number of fused-ring (bicyclic) bond motifs is 1. The van der Waals surface area contributed by atoms with E-state index in [2.05, 4.69) is 25.1 Å². The summed E-state index contributed by atoms with van der Waals surface area (Å²) in [6, 6.07) is 17.9. The first-order valence-electron chi connectivity index (χ1n) is 8.47. The van der Waals surface area contributed by atoms with Gasteiger partial charge in [-0.25, -0.2) is 0 Å². The van der Waals surface area contributed by atoms with Crippen LogP contribution in [0.3, 0.4) is 0 Å². The lowest BCUT2D eigenvalue weighted by atomic mass is 10.0. The van der Waals surface area contributed by atoms with E-state index >= 15 is 0 Å². The van der Waals surface area contributed by atoms with Gasteiger partial charge in [0, 0.05) is 17.3 Å². The van der Waals surface area contributed by atoms with E-state index in [1.165, 1.54) is 0 Å². The zero-order chi connectivity index (χ0) is 16.5. The average Bonchev–Trinajstić information content (AvgIpc) is 2.92. The number of carbonyl (C=O) groups excluding carboxylic acids is 1. The molecule has 0 radical (unpaired) electrons. The van der Waals surface area contributed by atoms with Crippen LogP contribution in [-0.2, 0) is 6.42 Å². The number of ketones is 1. The van der Waals surface area contributed by atoms with Crippen LogP contribution in [0.4, 0.5) is 0 Å². The topological polar surface area (TPSA) is 34.9 Å². The molecule has 0 saturated carbocycles. The van der Waals surface area contributed by atoms with Crippen LogP contribution in [0.2, 0.25) is 0 Å². The number of carbonyl (C=O) groups is 1. The fourth-order valence-electron chi connectivity index (χ4n) is 3.55. The van der Waals surface area contributed by atoms with E-state index < -0.39 is 0 Å². The Bertz CT molecular complexity index is 880. The largest absolute Gasteiger partial charge is 0.292 e. The van der Waals surface area contributed by atoms with E-state index in [1.54, 1.807) is 0 Å². The molecule has 0 bridgehead atoms. The van der Waals surface area contributed by atoms with Crippen LogP contribution >= 0.6 is 0 Å². The molecule has 1 heterocycles. The van der Waals surface area contributed by atoms with Gasteiger partial charge in [0.1, 0.15) is 6.04 Å². The standard InChI is InChI=1S/C21H20N2O/c1-15-14-23(22-20(15)17-9-3-2-4-10-17)19-13-7-11-16-8-5-6-12-18(16)21(19)24/h2-6,8-10,12,14,19H,7,11,13H2,1H3. The van der Waals surface area contributed by atoms with Crippen molar-refractivity contribution in [3.8, 4) is 11.3 Å². The summed E-state index contributed by atoms with van der Waals surface area (Å²) in [5, 5.41) is 4.76. The minimum absolute atomic E-state index is 0.185. The van der Waals surface area contributed by atoms with Crippen molar-refractivity contribution in [3.05, 3.63) is 77.5 Å². The Labute approximate surface area is 141 Å². The Morgan fingerprint density at radius 1 is 1.04 bits per heavy atom. The Balaban J connectivity index is 1.73. The first-order chi connectivity index (χ1) is 11.7. The maximum absolute atomic E-state index is 13.0. The SMILES string of the molecule is Cc1cn(C2CCCc3ccccc3C2=O)nc1-c1ccccc1. The molecule has 0 spiro atoms. The van der Waals surface area contributed by atoms with Gasteiger partial charge in [0.05, 0.1) is 5.69 Å². The maximum atomic E-state index is 13.0. The minimum Gasteiger partial charge on any atom is -0.292 e. The van der Waals surface area contributed by atoms with Gasteiger partial charge in [-0.05, 0) is 37.3 Å². The second-order valence-electron chi connectivity index (χ2n) is 6.44. The highest BCUT2D eigenvalue weighted by atomic mass is 16.1. The second kappa shape index (κ2) is 6.08. The fraction of sp³-hybridized carbons (Fsp3) is 0.238. The quantitative estimate of drug-likeness (QED) is 0.647. The molecule has 1 unspecified atom stereocenters. The predicted octanol–water partition coefficient (Wildman–Crippen LogP) is 4.62. The lowest BCUT2D eigenvalue weighted by Gasteiger charge is -2.14. The number of benzene rings is 2. The van der Waals surface area contributed by atoms with Crippen molar-refractivity contribution in [2.24, 2.45) is 0 Å². The van der Waals surface area contributed by atoms with Gasteiger partial charge < -0.3 is 0 Å². The fourth-order valence-corrected chi connectivity index (χ4v) is 3.55. The molecule has 0 aliphatic heterocycles. The zero-order valence-corrected chi connectivity index (χ0v) is 13.8. The number of nitrogens with zero attached hydrogens (tertiary/aromatic N) is 2. The van der Waals surface area contributed by atoms with Crippen LogP contribution in [0.5, 0.6) is 0 Å². The van der Waals surface area contributed by atoms with E-state index in [-0.39, 0.29) is 11.8 Å². The van der Waals surface area contributed by atoms with Crippen molar-refractivity contribution in [1.82, 2.24) is 9.78 Å². The number of aryl methyl sites for hydroxylation is 2. The van der Waals surface area contributed by atoms with Crippen LogP contribution in [0, 0.1) is 6.92 Å². The molecule has 0 fully saturated rings. The molecule has 0 N–H and O–H groups in total. The maximum Gasteiger partial charge on any atom is 0.187 e. The van der Waals surface area contributed by atoms with Crippen molar-refractivity contribution in [2.45, 2.75) is 32.2 Å². The van der Waals surface area contributed by atoms with E-state index in [4.69, 9.17) is 5.10 Å². The summed E-state index contributed by atoms with van der Waals surface area (Å²) in [4.78, 5) is 13.0. The lowest BCUT2D eigenvalue weighted by molar-refractivity contribution is 0.0914. The average molecular weight is 316 g/mol. The zero-order valence-electron chi connectivity index (χ0n) is 13.8. The van der Waals surface area contributed by atoms with Gasteiger partial charge in [0.2, 0.25) is 0 Å². The third-order valence-electron chi connectivity index (χ3n) is 4.79. The van der Waals surface area contributed by atoms with Crippen molar-refractivity contribution in [3.63, 3.8) is 0 Å². The molecule has 0 saturated heterocycles. The molecular weight excluding hydrogens is 296 g/mol. The van der Waals surface area contributed by atoms with Crippen molar-refractivity contribution in [2.75, 3.05) is 0 Å². The van der Waals surface area contributed by atoms with Crippen LogP contribution in [0.15, 0.2) is 60.8 Å². The molecule has 2 aromatic carbocycles. The van der Waals surface area contributed by atoms with Crippen LogP contribution < -0.4 is 0 Å². The van der Waals surface area contributed by atoms with Gasteiger partial charge >= 0.3 is 0 Å². The Morgan fingerprint density at radius 2 is 1.79 bits per heavy atom. The van der Waals surface area contributed by atoms with Gasteiger partial charge in [-0.2, -0.15) is 5.10 Å². The lowest BCUT2D eigenvalue weighted by Crippen LogP contribution is -2.19. The van der Waals surface area contributed by atoms with Crippen molar-refractivity contribution >= 4 is 5.78 Å². The molecule has 1 atom stereocenters. The molecule has 3 heteroatoms. The summed E-state index contributed by atoms with van der Waals surface area (Å²) < 4.78 is 1.88. The first-order valence-corrected chi connectivity index (χ1v) is 8.47. The van der Waals surface area contributed by atoms with Crippen LogP contribution in [0.25, 0.3) is 11.3 Å². The van der Waals surface area contributed by atoms with E-state index in [1.807, 2.05) is 47.3 Å². The van der Waals surface area contributed by atoms with Gasteiger partial charge in [-0.15, -0.1) is 0 Å². The van der Waals surface area contributed by atoms with Crippen molar-refractivity contribution in [1.29, 1.82) is 0 Å². The van der Waals surface area contributed by atoms with Crippen molar-refractivity contribution < 1.29 is 4.79 Å². The summed E-state index contributed by atoms with van der Waals surface area (Å²) in [5.41, 5.74) is 5.18. The van der Waals surface area contributed by atoms with Gasteiger partial charge in [-0.3, -0.25) is 9.48 Å². The van der Waals surface area contributed by atoms with E-state index in [0.29, 0.717) is 0 Å². The summed E-state index contributed by atoms with van der Waals surface area (Å²) >= 11 is 0. The second-order valence-corrected chi connectivity index (χ2v) is 6.44. The molecule has 3 aromatic rings. The summed E-state index contributed by atoms with van der Waals surface area (Å²) in [6.07, 6.45) is 4.82. The third-order valence-corrected chi connectivity index (χ3v) is 4.79.